The molecule has 0 unspecified atom stereocenters. The van der Waals surface area contributed by atoms with Gasteiger partial charge in [-0.05, 0) is 107 Å². The predicted octanol–water partition coefficient (Wildman–Crippen LogP) is 6.48. The zero-order valence-corrected chi connectivity index (χ0v) is 29.4. The van der Waals surface area contributed by atoms with Crippen LogP contribution in [0.5, 0.6) is 0 Å². The van der Waals surface area contributed by atoms with Crippen LogP contribution in [0.2, 0.25) is 0 Å². The molecule has 1 saturated heterocycles. The lowest BCUT2D eigenvalue weighted by Crippen LogP contribution is -2.41. The number of fused-ring (bicyclic) bond motifs is 2. The number of carbonyl (C=O) groups is 2. The molecule has 0 atom stereocenters. The Morgan fingerprint density at radius 2 is 1.68 bits per heavy atom. The molecule has 0 spiro atoms. The Balaban J connectivity index is 1.27. The second-order valence-electron chi connectivity index (χ2n) is 13.9. The maximum absolute atomic E-state index is 14.4. The first kappa shape index (κ1) is 33.1. The quantitative estimate of drug-likeness (QED) is 0.188. The zero-order valence-electron chi connectivity index (χ0n) is 28.6. The van der Waals surface area contributed by atoms with Gasteiger partial charge in [-0.15, -0.1) is 0 Å². The van der Waals surface area contributed by atoms with Crippen molar-refractivity contribution in [3.8, 4) is 5.69 Å². The molecule has 3 N–H and O–H groups in total. The monoisotopic (exact) mass is 693 g/mol. The molecule has 50 heavy (non-hydrogen) atoms. The molecule has 4 heterocycles. The number of ketones is 1. The highest BCUT2D eigenvalue weighted by atomic mass is 32.2. The second kappa shape index (κ2) is 12.2. The number of hydrogen-bond acceptors (Lipinski definition) is 8. The van der Waals surface area contributed by atoms with Gasteiger partial charge in [-0.3, -0.25) is 4.79 Å². The second-order valence-corrected chi connectivity index (χ2v) is 15.7. The van der Waals surface area contributed by atoms with Crippen LogP contribution in [0.1, 0.15) is 72.5 Å². The van der Waals surface area contributed by atoms with E-state index in [9.17, 15) is 18.0 Å². The van der Waals surface area contributed by atoms with Crippen LogP contribution in [0.25, 0.3) is 27.6 Å². The summed E-state index contributed by atoms with van der Waals surface area (Å²) in [5, 5.41) is 5.01. The standard InChI is InChI=1S/C37H39N7O5S/c1-22-6-10-28(11-7-22)50(47,48)44-32-13-8-25(24-14-16-42(17-15-24)36(46)49-37(3,4)5)18-26(32)19-33(44)34(45)29-21-39-43(35(29)38)27-9-12-30-31(20-27)41-23(2)40-30/h6-13,18-21,24H,14-17,38H2,1-5H3,(H,40,41). The first-order chi connectivity index (χ1) is 23.7. The number of aromatic amines is 1. The van der Waals surface area contributed by atoms with Crippen LogP contribution in [0.15, 0.2) is 77.8 Å². The van der Waals surface area contributed by atoms with Crippen molar-refractivity contribution in [3.63, 3.8) is 0 Å². The molecule has 0 aliphatic carbocycles. The van der Waals surface area contributed by atoms with Crippen molar-refractivity contribution < 1.29 is 22.7 Å². The Kier molecular flexibility index (Phi) is 8.05. The van der Waals surface area contributed by atoms with Gasteiger partial charge < -0.3 is 20.4 Å². The molecule has 3 aromatic carbocycles. The molecule has 3 aromatic heterocycles. The number of piperidine rings is 1. The molecule has 7 rings (SSSR count). The summed E-state index contributed by atoms with van der Waals surface area (Å²) in [7, 11) is -4.21. The molecule has 1 amide bonds. The number of rotatable bonds is 6. The topological polar surface area (TPSA) is 158 Å². The number of ether oxygens (including phenoxy) is 1. The van der Waals surface area contributed by atoms with Crippen LogP contribution in [-0.2, 0) is 14.8 Å². The van der Waals surface area contributed by atoms with Crippen molar-refractivity contribution in [2.24, 2.45) is 0 Å². The molecule has 0 bridgehead atoms. The van der Waals surface area contributed by atoms with Gasteiger partial charge in [-0.2, -0.15) is 5.10 Å². The Morgan fingerprint density at radius 3 is 2.38 bits per heavy atom. The fourth-order valence-corrected chi connectivity index (χ4v) is 8.06. The molecular formula is C37H39N7O5S. The summed E-state index contributed by atoms with van der Waals surface area (Å²) >= 11 is 0. The number of imidazole rings is 1. The number of amides is 1. The van der Waals surface area contributed by atoms with Gasteiger partial charge in [0, 0.05) is 18.5 Å². The van der Waals surface area contributed by atoms with Crippen molar-refractivity contribution in [3.05, 3.63) is 101 Å². The van der Waals surface area contributed by atoms with Gasteiger partial charge in [0.1, 0.15) is 22.9 Å². The highest BCUT2D eigenvalue weighted by Crippen LogP contribution is 2.35. The van der Waals surface area contributed by atoms with Crippen molar-refractivity contribution >= 4 is 49.7 Å². The molecule has 1 aliphatic heterocycles. The van der Waals surface area contributed by atoms with E-state index < -0.39 is 21.4 Å². The van der Waals surface area contributed by atoms with Gasteiger partial charge in [0.05, 0.1) is 38.9 Å². The number of anilines is 1. The smallest absolute Gasteiger partial charge is 0.410 e. The number of likely N-dealkylation sites (tertiary alicyclic amines) is 1. The van der Waals surface area contributed by atoms with E-state index >= 15 is 0 Å². The number of aromatic nitrogens is 5. The van der Waals surface area contributed by atoms with Crippen molar-refractivity contribution in [2.45, 2.75) is 63.9 Å². The minimum atomic E-state index is -4.21. The highest BCUT2D eigenvalue weighted by molar-refractivity contribution is 7.90. The van der Waals surface area contributed by atoms with Crippen LogP contribution < -0.4 is 5.73 Å². The third-order valence-electron chi connectivity index (χ3n) is 9.07. The van der Waals surface area contributed by atoms with Gasteiger partial charge in [0.2, 0.25) is 5.78 Å². The normalized spacial score (nSPS) is 14.5. The molecule has 1 aliphatic rings. The molecule has 258 valence electrons. The highest BCUT2D eigenvalue weighted by Gasteiger charge is 2.31. The van der Waals surface area contributed by atoms with Crippen molar-refractivity contribution in [2.75, 3.05) is 18.8 Å². The number of nitrogens with one attached hydrogen (secondary N) is 1. The Hall–Kier alpha value is -5.43. The fourth-order valence-electron chi connectivity index (χ4n) is 6.55. The lowest BCUT2D eigenvalue weighted by molar-refractivity contribution is 0.0204. The zero-order chi connectivity index (χ0) is 35.5. The molecule has 12 nitrogen and oxygen atoms in total. The van der Waals surface area contributed by atoms with Gasteiger partial charge in [-0.1, -0.05) is 23.8 Å². The van der Waals surface area contributed by atoms with Crippen LogP contribution in [0, 0.1) is 13.8 Å². The number of nitrogens with zero attached hydrogens (tertiary/aromatic N) is 5. The molecule has 13 heteroatoms. The summed E-state index contributed by atoms with van der Waals surface area (Å²) < 4.78 is 36.7. The minimum absolute atomic E-state index is 0.0536. The molecule has 6 aromatic rings. The number of nitrogen functional groups attached to an aromatic ring is 1. The molecule has 1 fully saturated rings. The van der Waals surface area contributed by atoms with Crippen molar-refractivity contribution in [1.82, 2.24) is 28.6 Å². The number of H-pyrrole nitrogens is 1. The minimum Gasteiger partial charge on any atom is -0.444 e. The summed E-state index contributed by atoms with van der Waals surface area (Å²) in [6, 6.07) is 19.2. The van der Waals surface area contributed by atoms with E-state index in [-0.39, 0.29) is 34.0 Å². The number of nitrogens with two attached hydrogens (primary N) is 1. The summed E-state index contributed by atoms with van der Waals surface area (Å²) in [4.78, 5) is 36.4. The summed E-state index contributed by atoms with van der Waals surface area (Å²) in [5.41, 5.74) is 10.5. The van der Waals surface area contributed by atoms with E-state index in [1.807, 2.05) is 65.0 Å². The van der Waals surface area contributed by atoms with E-state index in [1.54, 1.807) is 29.2 Å². The molecule has 0 radical (unpaired) electrons. The third-order valence-corrected chi connectivity index (χ3v) is 10.8. The van der Waals surface area contributed by atoms with Crippen LogP contribution in [0.3, 0.4) is 0 Å². The van der Waals surface area contributed by atoms with Gasteiger partial charge in [-0.25, -0.2) is 26.9 Å². The van der Waals surface area contributed by atoms with E-state index in [2.05, 4.69) is 15.1 Å². The van der Waals surface area contributed by atoms with Crippen molar-refractivity contribution in [1.29, 1.82) is 0 Å². The van der Waals surface area contributed by atoms with Crippen LogP contribution >= 0.6 is 0 Å². The van der Waals surface area contributed by atoms with Crippen LogP contribution in [0.4, 0.5) is 10.6 Å². The fraction of sp³-hybridized carbons (Fsp3) is 0.297. The Morgan fingerprint density at radius 1 is 0.960 bits per heavy atom. The maximum atomic E-state index is 14.4. The van der Waals surface area contributed by atoms with E-state index in [1.165, 1.54) is 23.0 Å². The van der Waals surface area contributed by atoms with E-state index in [0.717, 1.165) is 44.8 Å². The number of benzene rings is 3. The maximum Gasteiger partial charge on any atom is 0.410 e. The van der Waals surface area contributed by atoms with Gasteiger partial charge in [0.15, 0.2) is 0 Å². The van der Waals surface area contributed by atoms with E-state index in [4.69, 9.17) is 10.5 Å². The number of carbonyl (C=O) groups excluding carboxylic acids is 2. The predicted molar refractivity (Wildman–Crippen MR) is 191 cm³/mol. The number of hydrogen-bond donors (Lipinski definition) is 2. The van der Waals surface area contributed by atoms with Gasteiger partial charge >= 0.3 is 6.09 Å². The Bertz CT molecular complexity index is 2390. The molecular weight excluding hydrogens is 655 g/mol. The average Bonchev–Trinajstić information content (AvgIpc) is 3.77. The SMILES string of the molecule is Cc1ccc(S(=O)(=O)n2c(C(=O)c3cnn(-c4ccc5[nH]c(C)nc5c4)c3N)cc3cc(C4CCN(C(=O)OC(C)(C)C)CC4)ccc32)cc1. The lowest BCUT2D eigenvalue weighted by Gasteiger charge is -2.33. The lowest BCUT2D eigenvalue weighted by atomic mass is 9.89. The first-order valence-electron chi connectivity index (χ1n) is 16.5. The third kappa shape index (κ3) is 6.02. The number of aryl methyl sites for hydroxylation is 2. The average molecular weight is 694 g/mol. The summed E-state index contributed by atoms with van der Waals surface area (Å²) in [6.07, 6.45) is 2.48. The van der Waals surface area contributed by atoms with E-state index in [0.29, 0.717) is 29.7 Å². The summed E-state index contributed by atoms with van der Waals surface area (Å²) in [5.74, 6) is 0.394. The Labute approximate surface area is 289 Å². The first-order valence-corrected chi connectivity index (χ1v) is 17.9. The molecule has 0 saturated carbocycles. The van der Waals surface area contributed by atoms with Crippen LogP contribution in [-0.4, -0.2) is 67.6 Å². The largest absolute Gasteiger partial charge is 0.444 e. The summed E-state index contributed by atoms with van der Waals surface area (Å²) in [6.45, 7) is 10.4. The van der Waals surface area contributed by atoms with Gasteiger partial charge in [0.25, 0.3) is 10.0 Å².